The van der Waals surface area contributed by atoms with Gasteiger partial charge in [0.25, 0.3) is 0 Å². The first-order valence-electron chi connectivity index (χ1n) is 17.3. The molecule has 0 atom stereocenters. The predicted molar refractivity (Wildman–Crippen MR) is 172 cm³/mol. The van der Waals surface area contributed by atoms with Crippen molar-refractivity contribution in [3.63, 3.8) is 0 Å². The molecular formula is C34H67NaO5S. The van der Waals surface area contributed by atoms with E-state index in [0.717, 1.165) is 38.5 Å². The fraction of sp³-hybridized carbons (Fsp3) is 0.912. The molecule has 0 rings (SSSR count). The summed E-state index contributed by atoms with van der Waals surface area (Å²) in [5.74, 6) is -0.710. The van der Waals surface area contributed by atoms with Crippen LogP contribution in [0.25, 0.3) is 0 Å². The van der Waals surface area contributed by atoms with Gasteiger partial charge in [0.2, 0.25) is 0 Å². The first-order valence-corrected chi connectivity index (χ1v) is 18.6. The van der Waals surface area contributed by atoms with Crippen LogP contribution in [0, 0.1) is 0 Å². The molecule has 0 aliphatic carbocycles. The van der Waals surface area contributed by atoms with Crippen molar-refractivity contribution in [2.75, 3.05) is 6.61 Å². The van der Waals surface area contributed by atoms with Gasteiger partial charge in [0.1, 0.15) is 0 Å². The minimum Gasteiger partial charge on any atom is -1.00 e. The molecule has 5 nitrogen and oxygen atoms in total. The summed E-state index contributed by atoms with van der Waals surface area (Å²) in [7, 11) is -4.23. The van der Waals surface area contributed by atoms with E-state index >= 15 is 0 Å². The molecule has 0 fully saturated rings. The quantitative estimate of drug-likeness (QED) is 0.0434. The molecule has 0 saturated heterocycles. The Balaban J connectivity index is -0.00000760. The van der Waals surface area contributed by atoms with Gasteiger partial charge >= 0.3 is 45.9 Å². The van der Waals surface area contributed by atoms with Crippen LogP contribution in [-0.2, 0) is 23.6 Å². The summed E-state index contributed by atoms with van der Waals surface area (Å²) in [6, 6.07) is 0. The van der Waals surface area contributed by atoms with Crippen LogP contribution >= 0.6 is 0 Å². The molecule has 0 aliphatic rings. The number of rotatable bonds is 32. The van der Waals surface area contributed by atoms with Crippen molar-refractivity contribution in [2.45, 2.75) is 194 Å². The van der Waals surface area contributed by atoms with Gasteiger partial charge in [-0.1, -0.05) is 161 Å². The summed E-state index contributed by atoms with van der Waals surface area (Å²) in [6.45, 7) is 4.59. The maximum absolute atomic E-state index is 11.9. The third-order valence-electron chi connectivity index (χ3n) is 7.56. The van der Waals surface area contributed by atoms with Crippen LogP contribution in [0.4, 0.5) is 0 Å². The summed E-state index contributed by atoms with van der Waals surface area (Å²) >= 11 is 0. The molecule has 0 saturated carbocycles. The first kappa shape index (κ1) is 43.2. The molecule has 0 bridgehead atoms. The van der Waals surface area contributed by atoms with Gasteiger partial charge in [-0.25, -0.2) is 4.18 Å². The minimum atomic E-state index is -4.23. The number of hydrogen-bond acceptors (Lipinski definition) is 5. The topological polar surface area (TPSA) is 69.7 Å². The van der Waals surface area contributed by atoms with E-state index in [9.17, 15) is 13.2 Å². The van der Waals surface area contributed by atoms with Crippen LogP contribution in [0.3, 0.4) is 0 Å². The average molecular weight is 611 g/mol. The maximum atomic E-state index is 11.9. The van der Waals surface area contributed by atoms with E-state index in [0.29, 0.717) is 12.8 Å². The number of carbonyl (C=O) groups excluding carboxylic acids is 1. The van der Waals surface area contributed by atoms with E-state index in [1.165, 1.54) is 122 Å². The van der Waals surface area contributed by atoms with Crippen LogP contribution in [0.2, 0.25) is 0 Å². The molecular weight excluding hydrogens is 543 g/mol. The molecule has 7 heteroatoms. The van der Waals surface area contributed by atoms with Gasteiger partial charge in [-0.2, -0.15) is 8.42 Å². The number of carbonyl (C=O) groups is 1. The SMILES string of the molecule is CCCCCCCC/C=C\CCCCCCCC(=O)OS(=O)(=O)OCCCCCCCCCCCCCCCC.[H-].[Na+]. The second-order valence-electron chi connectivity index (χ2n) is 11.6. The fourth-order valence-electron chi connectivity index (χ4n) is 4.98. The zero-order valence-electron chi connectivity index (χ0n) is 28.6. The third kappa shape index (κ3) is 36.2. The molecule has 41 heavy (non-hydrogen) atoms. The Morgan fingerprint density at radius 2 is 0.878 bits per heavy atom. The van der Waals surface area contributed by atoms with E-state index in [1.54, 1.807) is 0 Å². The molecule has 0 aromatic rings. The largest absolute Gasteiger partial charge is 1.00 e. The standard InChI is InChI=1S/C34H66O5S.Na.H/c1-3-5-7-9-11-13-15-17-19-20-22-24-26-28-30-32-34(35)39-40(36,37)38-33-31-29-27-25-23-21-18-16-14-12-10-8-6-4-2;;/h17,19H,3-16,18,20-33H2,1-2H3;;/q;+1;-1/b19-17-;;. The Morgan fingerprint density at radius 1 is 0.537 bits per heavy atom. The molecule has 240 valence electrons. The van der Waals surface area contributed by atoms with Crippen molar-refractivity contribution >= 4 is 16.4 Å². The first-order chi connectivity index (χ1) is 19.5. The Hall–Kier alpha value is 0.120. The van der Waals surface area contributed by atoms with Gasteiger partial charge in [0.05, 0.1) is 6.61 Å². The summed E-state index contributed by atoms with van der Waals surface area (Å²) < 4.78 is 33.2. The summed E-state index contributed by atoms with van der Waals surface area (Å²) in [5, 5.41) is 0. The van der Waals surface area contributed by atoms with E-state index in [1.807, 2.05) is 0 Å². The van der Waals surface area contributed by atoms with Crippen molar-refractivity contribution < 1.29 is 52.6 Å². The van der Waals surface area contributed by atoms with Crippen LogP contribution < -0.4 is 29.6 Å². The van der Waals surface area contributed by atoms with Crippen molar-refractivity contribution in [3.05, 3.63) is 12.2 Å². The van der Waals surface area contributed by atoms with Crippen molar-refractivity contribution in [1.29, 1.82) is 0 Å². The Bertz CT molecular complexity index is 673. The van der Waals surface area contributed by atoms with Gasteiger partial charge < -0.3 is 5.61 Å². The normalized spacial score (nSPS) is 11.7. The van der Waals surface area contributed by atoms with Crippen LogP contribution in [0.15, 0.2) is 12.2 Å². The van der Waals surface area contributed by atoms with Gasteiger partial charge in [-0.15, -0.1) is 0 Å². The zero-order chi connectivity index (χ0) is 29.4. The Morgan fingerprint density at radius 3 is 1.29 bits per heavy atom. The van der Waals surface area contributed by atoms with Crippen molar-refractivity contribution in [3.8, 4) is 0 Å². The predicted octanol–water partition coefficient (Wildman–Crippen LogP) is 8.43. The van der Waals surface area contributed by atoms with Gasteiger partial charge in [0.15, 0.2) is 0 Å². The molecule has 0 spiro atoms. The molecule has 0 aliphatic heterocycles. The van der Waals surface area contributed by atoms with Gasteiger partial charge in [0, 0.05) is 6.42 Å². The van der Waals surface area contributed by atoms with Gasteiger partial charge in [-0.05, 0) is 38.5 Å². The van der Waals surface area contributed by atoms with Crippen LogP contribution in [0.5, 0.6) is 0 Å². The molecule has 0 aromatic heterocycles. The van der Waals surface area contributed by atoms with Crippen molar-refractivity contribution in [1.82, 2.24) is 0 Å². The van der Waals surface area contributed by atoms with E-state index in [-0.39, 0.29) is 44.0 Å². The van der Waals surface area contributed by atoms with Crippen LogP contribution in [0.1, 0.15) is 195 Å². The minimum absolute atomic E-state index is 0. The summed E-state index contributed by atoms with van der Waals surface area (Å²) in [4.78, 5) is 11.9. The maximum Gasteiger partial charge on any atom is 1.00 e. The molecule has 0 unspecified atom stereocenters. The average Bonchev–Trinajstić information content (AvgIpc) is 2.92. The third-order valence-corrected chi connectivity index (χ3v) is 8.41. The Labute approximate surface area is 279 Å². The summed E-state index contributed by atoms with van der Waals surface area (Å²) in [5.41, 5.74) is 0. The molecule has 0 aromatic carbocycles. The van der Waals surface area contributed by atoms with E-state index in [4.69, 9.17) is 4.18 Å². The second-order valence-corrected chi connectivity index (χ2v) is 12.8. The fourth-order valence-corrected chi connectivity index (χ4v) is 5.66. The molecule has 0 heterocycles. The van der Waals surface area contributed by atoms with E-state index in [2.05, 4.69) is 30.2 Å². The number of unbranched alkanes of at least 4 members (excludes halogenated alkanes) is 24. The zero-order valence-corrected chi connectivity index (χ0v) is 30.4. The molecule has 0 N–H and O–H groups in total. The monoisotopic (exact) mass is 610 g/mol. The summed E-state index contributed by atoms with van der Waals surface area (Å²) in [6.07, 6.45) is 37.4. The van der Waals surface area contributed by atoms with Crippen LogP contribution in [-0.4, -0.2) is 21.0 Å². The smallest absolute Gasteiger partial charge is 1.00 e. The van der Waals surface area contributed by atoms with E-state index < -0.39 is 16.4 Å². The molecule has 0 amide bonds. The second kappa shape index (κ2) is 34.6. The van der Waals surface area contributed by atoms with Gasteiger partial charge in [-0.3, -0.25) is 4.79 Å². The van der Waals surface area contributed by atoms with Crippen molar-refractivity contribution in [2.24, 2.45) is 0 Å². The Kier molecular flexibility index (Phi) is 36.5. The molecule has 0 radical (unpaired) electrons. The number of allylic oxidation sites excluding steroid dienone is 2. The number of hydrogen-bond donors (Lipinski definition) is 0.